The third-order valence-electron chi connectivity index (χ3n) is 6.09. The van der Waals surface area contributed by atoms with Gasteiger partial charge < -0.3 is 15.7 Å². The van der Waals surface area contributed by atoms with Crippen molar-refractivity contribution in [2.45, 2.75) is 69.2 Å². The zero-order chi connectivity index (χ0) is 22.0. The predicted octanol–water partition coefficient (Wildman–Crippen LogP) is 1.55. The summed E-state index contributed by atoms with van der Waals surface area (Å²) in [5, 5.41) is 17.1. The first kappa shape index (κ1) is 21.9. The van der Waals surface area contributed by atoms with Crippen LogP contribution in [0.4, 0.5) is 5.95 Å². The van der Waals surface area contributed by atoms with Gasteiger partial charge in [-0.15, -0.1) is 0 Å². The van der Waals surface area contributed by atoms with Gasteiger partial charge in [0.1, 0.15) is 0 Å². The molecule has 0 saturated heterocycles. The van der Waals surface area contributed by atoms with E-state index in [0.29, 0.717) is 23.4 Å². The summed E-state index contributed by atoms with van der Waals surface area (Å²) < 4.78 is 25.5. The zero-order valence-electron chi connectivity index (χ0n) is 17.5. The highest BCUT2D eigenvalue weighted by Crippen LogP contribution is 2.24. The largest absolute Gasteiger partial charge is 0.391 e. The maximum Gasteiger partial charge on any atom is 0.253 e. The molecule has 0 unspecified atom stereocenters. The molecule has 1 amide bonds. The number of nitrogens with zero attached hydrogens (tertiary/aromatic N) is 2. The molecule has 10 heteroatoms. The highest BCUT2D eigenvalue weighted by Gasteiger charge is 2.28. The monoisotopic (exact) mass is 447 g/mol. The van der Waals surface area contributed by atoms with E-state index < -0.39 is 16.1 Å². The topological polar surface area (TPSA) is 133 Å². The van der Waals surface area contributed by atoms with Crippen molar-refractivity contribution >= 4 is 32.8 Å². The van der Waals surface area contributed by atoms with Crippen LogP contribution in [0.3, 0.4) is 0 Å². The number of carbonyl (C=O) groups excluding carboxylic acids is 1. The van der Waals surface area contributed by atoms with E-state index >= 15 is 0 Å². The molecule has 0 aliphatic heterocycles. The average molecular weight is 448 g/mol. The summed E-state index contributed by atoms with van der Waals surface area (Å²) in [6, 6.07) is 5.28. The molecule has 1 aromatic carbocycles. The van der Waals surface area contributed by atoms with Crippen LogP contribution in [0.2, 0.25) is 0 Å². The molecule has 4 N–H and O–H groups in total. The minimum Gasteiger partial charge on any atom is -0.391 e. The van der Waals surface area contributed by atoms with Gasteiger partial charge in [0.15, 0.2) is 0 Å². The van der Waals surface area contributed by atoms with Gasteiger partial charge in [0, 0.05) is 23.7 Å². The summed E-state index contributed by atoms with van der Waals surface area (Å²) in [5.74, 6) is 0.210. The average Bonchev–Trinajstić information content (AvgIpc) is 3.12. The van der Waals surface area contributed by atoms with Crippen molar-refractivity contribution in [3.63, 3.8) is 0 Å². The second-order valence-electron chi connectivity index (χ2n) is 8.60. The molecular formula is C21H29N5O4S. The molecule has 168 valence electrons. The third kappa shape index (κ3) is 5.50. The first-order chi connectivity index (χ1) is 14.8. The smallest absolute Gasteiger partial charge is 0.253 e. The summed E-state index contributed by atoms with van der Waals surface area (Å²) in [4.78, 5) is 21.8. The Morgan fingerprint density at radius 3 is 2.52 bits per heavy atom. The highest BCUT2D eigenvalue weighted by molar-refractivity contribution is 7.88. The van der Waals surface area contributed by atoms with E-state index in [1.807, 2.05) is 6.07 Å². The lowest BCUT2D eigenvalue weighted by Crippen LogP contribution is -2.40. The molecule has 9 nitrogen and oxygen atoms in total. The van der Waals surface area contributed by atoms with Crippen LogP contribution in [0.15, 0.2) is 24.4 Å². The zero-order valence-corrected chi connectivity index (χ0v) is 18.4. The maximum absolute atomic E-state index is 12.9. The Balaban J connectivity index is 1.45. The minimum atomic E-state index is -3.20. The fourth-order valence-corrected chi connectivity index (χ4v) is 5.35. The fourth-order valence-electron chi connectivity index (χ4n) is 4.50. The lowest BCUT2D eigenvalue weighted by Gasteiger charge is -2.29. The summed E-state index contributed by atoms with van der Waals surface area (Å²) in [6.45, 7) is 0. The number of hydrogen-bond acceptors (Lipinski definition) is 7. The van der Waals surface area contributed by atoms with E-state index in [2.05, 4.69) is 25.3 Å². The van der Waals surface area contributed by atoms with Crippen molar-refractivity contribution in [3.05, 3.63) is 30.0 Å². The molecule has 0 radical (unpaired) electrons. The van der Waals surface area contributed by atoms with Crippen molar-refractivity contribution in [1.29, 1.82) is 0 Å². The van der Waals surface area contributed by atoms with Gasteiger partial charge in [-0.25, -0.2) is 23.1 Å². The van der Waals surface area contributed by atoms with Gasteiger partial charge in [0.25, 0.3) is 5.91 Å². The number of para-hydroxylation sites is 1. The molecule has 2 aliphatic carbocycles. The van der Waals surface area contributed by atoms with Crippen LogP contribution >= 0.6 is 0 Å². The Hall–Kier alpha value is -2.30. The molecule has 2 fully saturated rings. The molecule has 2 saturated carbocycles. The van der Waals surface area contributed by atoms with Crippen LogP contribution in [0.5, 0.6) is 0 Å². The van der Waals surface area contributed by atoms with E-state index in [9.17, 15) is 18.3 Å². The van der Waals surface area contributed by atoms with Crippen molar-refractivity contribution in [2.24, 2.45) is 0 Å². The minimum absolute atomic E-state index is 0.0354. The van der Waals surface area contributed by atoms with Crippen LogP contribution in [-0.4, -0.2) is 59.9 Å². The molecular weight excluding hydrogens is 418 g/mol. The Bertz CT molecular complexity index is 1050. The number of rotatable bonds is 6. The standard InChI is InChI=1S/C21H29N5O4S/c1-31(29,30)26-15-10-8-14(9-11-15)23-21-22-12-13-4-2-5-16(19(13)25-21)20(28)24-17-6-3-7-18(17)27/h2,4-5,12,14-15,17-18,26-27H,3,6-11H2,1H3,(H,24,28)(H,22,23,25)/t14-,15-,17-,18-/m1/s1. The van der Waals surface area contributed by atoms with Gasteiger partial charge in [-0.05, 0) is 51.0 Å². The quantitative estimate of drug-likeness (QED) is 0.528. The molecule has 2 aromatic rings. The Morgan fingerprint density at radius 2 is 1.84 bits per heavy atom. The summed E-state index contributed by atoms with van der Waals surface area (Å²) in [5.41, 5.74) is 1.03. The number of amides is 1. The number of nitrogens with one attached hydrogen (secondary N) is 3. The first-order valence-electron chi connectivity index (χ1n) is 10.8. The first-order valence-corrected chi connectivity index (χ1v) is 12.7. The molecule has 4 rings (SSSR count). The normalized spacial score (nSPS) is 26.6. The number of anilines is 1. The fraction of sp³-hybridized carbons (Fsp3) is 0.571. The second kappa shape index (κ2) is 9.05. The molecule has 2 aliphatic rings. The summed E-state index contributed by atoms with van der Waals surface area (Å²) >= 11 is 0. The third-order valence-corrected chi connectivity index (χ3v) is 6.85. The number of hydrogen-bond donors (Lipinski definition) is 4. The molecule has 1 aromatic heterocycles. The van der Waals surface area contributed by atoms with E-state index in [0.717, 1.165) is 43.9 Å². The van der Waals surface area contributed by atoms with E-state index in [4.69, 9.17) is 0 Å². The van der Waals surface area contributed by atoms with Gasteiger partial charge in [-0.3, -0.25) is 4.79 Å². The molecule has 31 heavy (non-hydrogen) atoms. The number of aromatic nitrogens is 2. The summed E-state index contributed by atoms with van der Waals surface area (Å²) in [6.07, 6.45) is 7.86. The van der Waals surface area contributed by atoms with E-state index in [-0.39, 0.29) is 24.0 Å². The predicted molar refractivity (Wildman–Crippen MR) is 118 cm³/mol. The van der Waals surface area contributed by atoms with Gasteiger partial charge in [-0.2, -0.15) is 0 Å². The van der Waals surface area contributed by atoms with Crippen LogP contribution in [0.1, 0.15) is 55.3 Å². The number of aliphatic hydroxyl groups is 1. The van der Waals surface area contributed by atoms with Gasteiger partial charge in [-0.1, -0.05) is 12.1 Å². The van der Waals surface area contributed by atoms with E-state index in [1.165, 1.54) is 6.26 Å². The number of aliphatic hydroxyl groups excluding tert-OH is 1. The van der Waals surface area contributed by atoms with Gasteiger partial charge in [0.2, 0.25) is 16.0 Å². The highest BCUT2D eigenvalue weighted by atomic mass is 32.2. The molecule has 0 bridgehead atoms. The lowest BCUT2D eigenvalue weighted by molar-refractivity contribution is 0.0874. The van der Waals surface area contributed by atoms with E-state index in [1.54, 1.807) is 18.3 Å². The maximum atomic E-state index is 12.9. The Morgan fingerprint density at radius 1 is 1.10 bits per heavy atom. The number of fused-ring (bicyclic) bond motifs is 1. The summed E-state index contributed by atoms with van der Waals surface area (Å²) in [7, 11) is -3.20. The SMILES string of the molecule is CS(=O)(=O)N[C@H]1CC[C@H](Nc2ncc3cccc(C(=O)N[C@@H]4CCC[C@H]4O)c3n2)CC1. The van der Waals surface area contributed by atoms with Crippen molar-refractivity contribution < 1.29 is 18.3 Å². The van der Waals surface area contributed by atoms with Crippen molar-refractivity contribution in [1.82, 2.24) is 20.0 Å². The Kier molecular flexibility index (Phi) is 6.40. The molecule has 1 heterocycles. The van der Waals surface area contributed by atoms with Crippen LogP contribution < -0.4 is 15.4 Å². The van der Waals surface area contributed by atoms with Crippen molar-refractivity contribution in [2.75, 3.05) is 11.6 Å². The number of benzene rings is 1. The molecule has 2 atom stereocenters. The second-order valence-corrected chi connectivity index (χ2v) is 10.4. The van der Waals surface area contributed by atoms with Crippen LogP contribution in [-0.2, 0) is 10.0 Å². The van der Waals surface area contributed by atoms with Crippen molar-refractivity contribution in [3.8, 4) is 0 Å². The van der Waals surface area contributed by atoms with Crippen LogP contribution in [0.25, 0.3) is 10.9 Å². The molecule has 0 spiro atoms. The van der Waals surface area contributed by atoms with Gasteiger partial charge >= 0.3 is 0 Å². The number of sulfonamides is 1. The number of carbonyl (C=O) groups is 1. The van der Waals surface area contributed by atoms with Gasteiger partial charge in [0.05, 0.1) is 29.5 Å². The lowest BCUT2D eigenvalue weighted by atomic mass is 9.92. The van der Waals surface area contributed by atoms with Crippen LogP contribution in [0, 0.1) is 0 Å². The Labute approximate surface area is 182 Å².